The molecule has 0 atom stereocenters. The molecule has 2 heterocycles. The molecule has 2 aromatic carbocycles. The number of hydrogen-bond donors (Lipinski definition) is 1. The Labute approximate surface area is 227 Å². The van der Waals surface area contributed by atoms with Gasteiger partial charge in [-0.05, 0) is 80.7 Å². The van der Waals surface area contributed by atoms with Crippen LogP contribution in [0.5, 0.6) is 11.5 Å². The number of carbonyl (C=O) groups excluding carboxylic acids is 1. The molecular weight excluding hydrogens is 507 g/mol. The van der Waals surface area contributed by atoms with Gasteiger partial charge in [0, 0.05) is 24.7 Å². The van der Waals surface area contributed by atoms with Crippen LogP contribution >= 0.6 is 0 Å². The molecule has 208 valence electrons. The number of nitrogens with zero attached hydrogens (tertiary/aromatic N) is 2. The first kappa shape index (κ1) is 28.4. The fourth-order valence-electron chi connectivity index (χ4n) is 5.00. The van der Waals surface area contributed by atoms with E-state index in [1.165, 1.54) is 12.1 Å². The number of aromatic nitrogens is 1. The van der Waals surface area contributed by atoms with E-state index in [1.54, 1.807) is 20.3 Å². The predicted molar refractivity (Wildman–Crippen MR) is 143 cm³/mol. The fraction of sp³-hybridized carbons (Fsp3) is 0.400. The average molecular weight is 542 g/mol. The quantitative estimate of drug-likeness (QED) is 0.372. The summed E-state index contributed by atoms with van der Waals surface area (Å²) in [5.74, 6) is 1.24. The molecule has 1 amide bonds. The van der Waals surface area contributed by atoms with Crippen molar-refractivity contribution in [2.24, 2.45) is 0 Å². The van der Waals surface area contributed by atoms with Crippen molar-refractivity contribution < 1.29 is 27.4 Å². The van der Waals surface area contributed by atoms with Crippen molar-refractivity contribution in [3.63, 3.8) is 0 Å². The van der Waals surface area contributed by atoms with Gasteiger partial charge in [-0.2, -0.15) is 13.2 Å². The second-order valence-electron chi connectivity index (χ2n) is 9.83. The predicted octanol–water partition coefficient (Wildman–Crippen LogP) is 5.78. The molecule has 1 aliphatic heterocycles. The van der Waals surface area contributed by atoms with E-state index in [9.17, 15) is 18.0 Å². The van der Waals surface area contributed by atoms with Gasteiger partial charge in [-0.1, -0.05) is 24.3 Å². The third-order valence-corrected chi connectivity index (χ3v) is 7.09. The Kier molecular flexibility index (Phi) is 9.12. The van der Waals surface area contributed by atoms with Gasteiger partial charge in [-0.3, -0.25) is 14.7 Å². The van der Waals surface area contributed by atoms with E-state index in [0.29, 0.717) is 42.1 Å². The van der Waals surface area contributed by atoms with E-state index in [0.717, 1.165) is 48.9 Å². The number of amides is 1. The number of aryl methyl sites for hydroxylation is 1. The summed E-state index contributed by atoms with van der Waals surface area (Å²) in [5.41, 5.74) is 3.25. The first-order chi connectivity index (χ1) is 18.7. The highest BCUT2D eigenvalue weighted by Gasteiger charge is 2.31. The number of rotatable bonds is 9. The molecule has 1 fully saturated rings. The first-order valence-corrected chi connectivity index (χ1v) is 13.0. The lowest BCUT2D eigenvalue weighted by Gasteiger charge is -2.32. The molecule has 0 radical (unpaired) electrons. The normalized spacial score (nSPS) is 14.7. The zero-order valence-corrected chi connectivity index (χ0v) is 22.5. The first-order valence-electron chi connectivity index (χ1n) is 13.0. The molecule has 0 saturated carbocycles. The van der Waals surface area contributed by atoms with E-state index in [2.05, 4.69) is 10.2 Å². The van der Waals surface area contributed by atoms with Gasteiger partial charge in [0.05, 0.1) is 31.0 Å². The zero-order valence-electron chi connectivity index (χ0n) is 22.5. The van der Waals surface area contributed by atoms with Crippen LogP contribution in [0.25, 0.3) is 0 Å². The van der Waals surface area contributed by atoms with Gasteiger partial charge in [0.1, 0.15) is 0 Å². The number of ether oxygens (including phenoxy) is 2. The van der Waals surface area contributed by atoms with E-state index in [4.69, 9.17) is 14.5 Å². The van der Waals surface area contributed by atoms with Crippen LogP contribution in [0.3, 0.4) is 0 Å². The highest BCUT2D eigenvalue weighted by Crippen LogP contribution is 2.32. The summed E-state index contributed by atoms with van der Waals surface area (Å²) in [4.78, 5) is 20.0. The van der Waals surface area contributed by atoms with E-state index in [1.807, 2.05) is 37.3 Å². The average Bonchev–Trinajstić information content (AvgIpc) is 2.93. The molecule has 1 aromatic heterocycles. The van der Waals surface area contributed by atoms with E-state index >= 15 is 0 Å². The standard InChI is InChI=1S/C30H34F3N3O3/c1-20-7-9-25(29(37)34-14-11-21-8-10-26(38-2)27(18-21)39-3)28(35-20)23-12-15-36(16-13-23)19-22-5-4-6-24(17-22)30(31,32)33/h4-10,17-18,23H,11-16,19H2,1-3H3,(H,34,37). The van der Waals surface area contributed by atoms with Crippen LogP contribution in [0, 0.1) is 6.92 Å². The van der Waals surface area contributed by atoms with Crippen LogP contribution in [0.1, 0.15) is 57.2 Å². The maximum Gasteiger partial charge on any atom is 0.416 e. The highest BCUT2D eigenvalue weighted by molar-refractivity contribution is 5.95. The number of hydrogen-bond acceptors (Lipinski definition) is 5. The van der Waals surface area contributed by atoms with Crippen molar-refractivity contribution in [2.75, 3.05) is 33.9 Å². The molecule has 0 aliphatic carbocycles. The van der Waals surface area contributed by atoms with Crippen LogP contribution in [0.15, 0.2) is 54.6 Å². The van der Waals surface area contributed by atoms with Gasteiger partial charge in [0.2, 0.25) is 0 Å². The topological polar surface area (TPSA) is 63.7 Å². The number of alkyl halides is 3. The lowest BCUT2D eigenvalue weighted by molar-refractivity contribution is -0.137. The van der Waals surface area contributed by atoms with Crippen molar-refractivity contribution in [3.05, 3.63) is 88.2 Å². The van der Waals surface area contributed by atoms with Gasteiger partial charge in [0.25, 0.3) is 5.91 Å². The summed E-state index contributed by atoms with van der Waals surface area (Å²) in [5, 5.41) is 3.02. The maximum absolute atomic E-state index is 13.2. The number of nitrogens with one attached hydrogen (secondary N) is 1. The number of methoxy groups -OCH3 is 2. The number of halogens is 3. The van der Waals surface area contributed by atoms with Crippen molar-refractivity contribution in [1.82, 2.24) is 15.2 Å². The molecular formula is C30H34F3N3O3. The van der Waals surface area contributed by atoms with E-state index < -0.39 is 11.7 Å². The number of benzene rings is 2. The molecule has 0 spiro atoms. The Hall–Kier alpha value is -3.59. The van der Waals surface area contributed by atoms with Crippen molar-refractivity contribution in [1.29, 1.82) is 0 Å². The van der Waals surface area contributed by atoms with Gasteiger partial charge in [0.15, 0.2) is 11.5 Å². The minimum atomic E-state index is -4.35. The SMILES string of the molecule is COc1ccc(CCNC(=O)c2ccc(C)nc2C2CCN(Cc3cccc(C(F)(F)F)c3)CC2)cc1OC. The van der Waals surface area contributed by atoms with Gasteiger partial charge >= 0.3 is 6.18 Å². The fourth-order valence-corrected chi connectivity index (χ4v) is 5.00. The van der Waals surface area contributed by atoms with Gasteiger partial charge in [-0.15, -0.1) is 0 Å². The number of piperidine rings is 1. The highest BCUT2D eigenvalue weighted by atomic mass is 19.4. The molecule has 0 unspecified atom stereocenters. The molecule has 0 bridgehead atoms. The summed E-state index contributed by atoms with van der Waals surface area (Å²) in [7, 11) is 3.18. The number of pyridine rings is 1. The molecule has 1 N–H and O–H groups in total. The maximum atomic E-state index is 13.2. The molecule has 3 aromatic rings. The number of likely N-dealkylation sites (tertiary alicyclic amines) is 1. The van der Waals surface area contributed by atoms with Crippen LogP contribution in [0.4, 0.5) is 13.2 Å². The minimum Gasteiger partial charge on any atom is -0.493 e. The lowest BCUT2D eigenvalue weighted by atomic mass is 9.89. The van der Waals surface area contributed by atoms with Crippen molar-refractivity contribution in [2.45, 2.75) is 44.8 Å². The number of carbonyl (C=O) groups is 1. The molecule has 1 aliphatic rings. The Morgan fingerprint density at radius 2 is 1.74 bits per heavy atom. The monoisotopic (exact) mass is 541 g/mol. The Balaban J connectivity index is 1.36. The van der Waals surface area contributed by atoms with Crippen molar-refractivity contribution in [3.8, 4) is 11.5 Å². The van der Waals surface area contributed by atoms with Crippen LogP contribution < -0.4 is 14.8 Å². The van der Waals surface area contributed by atoms with Crippen LogP contribution in [0.2, 0.25) is 0 Å². The third-order valence-electron chi connectivity index (χ3n) is 7.09. The molecule has 1 saturated heterocycles. The summed E-state index contributed by atoms with van der Waals surface area (Å²) in [6, 6.07) is 14.9. The summed E-state index contributed by atoms with van der Waals surface area (Å²) in [6.07, 6.45) is -2.16. The second kappa shape index (κ2) is 12.5. The molecule has 9 heteroatoms. The molecule has 4 rings (SSSR count). The lowest BCUT2D eigenvalue weighted by Crippen LogP contribution is -2.34. The Morgan fingerprint density at radius 3 is 2.44 bits per heavy atom. The second-order valence-corrected chi connectivity index (χ2v) is 9.83. The third kappa shape index (κ3) is 7.29. The smallest absolute Gasteiger partial charge is 0.416 e. The molecule has 6 nitrogen and oxygen atoms in total. The largest absolute Gasteiger partial charge is 0.493 e. The summed E-state index contributed by atoms with van der Waals surface area (Å²) < 4.78 is 49.9. The Morgan fingerprint density at radius 1 is 1.00 bits per heavy atom. The van der Waals surface area contributed by atoms with Gasteiger partial charge in [-0.25, -0.2) is 0 Å². The molecule has 39 heavy (non-hydrogen) atoms. The zero-order chi connectivity index (χ0) is 28.0. The van der Waals surface area contributed by atoms with Crippen LogP contribution in [-0.4, -0.2) is 49.6 Å². The van der Waals surface area contributed by atoms with E-state index in [-0.39, 0.29) is 11.8 Å². The summed E-state index contributed by atoms with van der Waals surface area (Å²) >= 11 is 0. The van der Waals surface area contributed by atoms with Gasteiger partial charge < -0.3 is 14.8 Å². The van der Waals surface area contributed by atoms with Crippen molar-refractivity contribution >= 4 is 5.91 Å². The summed E-state index contributed by atoms with van der Waals surface area (Å²) in [6.45, 7) is 4.26. The Bertz CT molecular complexity index is 1290. The minimum absolute atomic E-state index is 0.106. The van der Waals surface area contributed by atoms with Crippen LogP contribution in [-0.2, 0) is 19.1 Å².